The van der Waals surface area contributed by atoms with Gasteiger partial charge in [-0.05, 0) is 6.42 Å². The third kappa shape index (κ3) is 4.78. The van der Waals surface area contributed by atoms with E-state index >= 15 is 0 Å². The minimum absolute atomic E-state index is 0.0474. The van der Waals surface area contributed by atoms with E-state index in [0.29, 0.717) is 45.7 Å². The molecule has 5 nitrogen and oxygen atoms in total. The lowest BCUT2D eigenvalue weighted by atomic mass is 10.2. The second-order valence-corrected chi connectivity index (χ2v) is 3.58. The van der Waals surface area contributed by atoms with E-state index in [1.54, 1.807) is 0 Å². The van der Waals surface area contributed by atoms with E-state index in [4.69, 9.17) is 4.74 Å². The van der Waals surface area contributed by atoms with Crippen molar-refractivity contribution < 1.29 is 14.3 Å². The number of morpholine rings is 1. The summed E-state index contributed by atoms with van der Waals surface area (Å²) in [6, 6.07) is 0. The molecule has 0 aromatic rings. The third-order valence-electron chi connectivity index (χ3n) is 2.31. The van der Waals surface area contributed by atoms with E-state index in [-0.39, 0.29) is 11.8 Å². The Morgan fingerprint density at radius 2 is 2.00 bits per heavy atom. The maximum Gasteiger partial charge on any atom is 0.222 e. The molecule has 1 aliphatic rings. The van der Waals surface area contributed by atoms with Crippen LogP contribution in [0.2, 0.25) is 0 Å². The number of rotatable bonds is 4. The Balaban J connectivity index is 2.09. The molecule has 1 rings (SSSR count). The van der Waals surface area contributed by atoms with Crippen LogP contribution in [-0.2, 0) is 14.3 Å². The van der Waals surface area contributed by atoms with Crippen LogP contribution in [-0.4, -0.2) is 49.6 Å². The van der Waals surface area contributed by atoms with E-state index in [1.165, 1.54) is 6.92 Å². The minimum atomic E-state index is -0.0474. The summed E-state index contributed by atoms with van der Waals surface area (Å²) in [5, 5.41) is 2.67. The second-order valence-electron chi connectivity index (χ2n) is 3.58. The molecule has 0 radical (unpaired) electrons. The molecule has 1 fully saturated rings. The Kier molecular flexibility index (Phi) is 5.10. The molecule has 0 atom stereocenters. The molecule has 0 bridgehead atoms. The van der Waals surface area contributed by atoms with Gasteiger partial charge < -0.3 is 15.0 Å². The van der Waals surface area contributed by atoms with Crippen LogP contribution in [0.5, 0.6) is 0 Å². The van der Waals surface area contributed by atoms with Crippen molar-refractivity contribution in [2.24, 2.45) is 0 Å². The minimum Gasteiger partial charge on any atom is -0.378 e. The van der Waals surface area contributed by atoms with Crippen LogP contribution in [0.4, 0.5) is 0 Å². The SMILES string of the molecule is CC(=O)NCCCC(=O)N1CCOCC1. The van der Waals surface area contributed by atoms with Crippen molar-refractivity contribution in [2.75, 3.05) is 32.8 Å². The fraction of sp³-hybridized carbons (Fsp3) is 0.800. The Bertz CT molecular complexity index is 225. The highest BCUT2D eigenvalue weighted by Gasteiger charge is 2.15. The first kappa shape index (κ1) is 12.0. The number of nitrogens with one attached hydrogen (secondary N) is 1. The van der Waals surface area contributed by atoms with Gasteiger partial charge >= 0.3 is 0 Å². The Hall–Kier alpha value is -1.10. The molecule has 2 amide bonds. The van der Waals surface area contributed by atoms with Gasteiger partial charge in [-0.2, -0.15) is 0 Å². The van der Waals surface area contributed by atoms with Gasteiger partial charge in [-0.1, -0.05) is 0 Å². The summed E-state index contributed by atoms with van der Waals surface area (Å²) < 4.78 is 5.16. The van der Waals surface area contributed by atoms with Crippen LogP contribution in [0.25, 0.3) is 0 Å². The molecule has 0 aliphatic carbocycles. The Labute approximate surface area is 89.8 Å². The number of carbonyl (C=O) groups is 2. The molecule has 1 aliphatic heterocycles. The summed E-state index contributed by atoms with van der Waals surface area (Å²) in [6.45, 7) is 4.71. The largest absolute Gasteiger partial charge is 0.378 e. The van der Waals surface area contributed by atoms with Gasteiger partial charge in [0.2, 0.25) is 11.8 Å². The molecule has 0 spiro atoms. The number of carbonyl (C=O) groups excluding carboxylic acids is 2. The van der Waals surface area contributed by atoms with Gasteiger partial charge in [-0.15, -0.1) is 0 Å². The van der Waals surface area contributed by atoms with Gasteiger partial charge in [0.05, 0.1) is 13.2 Å². The van der Waals surface area contributed by atoms with Gasteiger partial charge in [0.15, 0.2) is 0 Å². The van der Waals surface area contributed by atoms with Crippen molar-refractivity contribution in [3.05, 3.63) is 0 Å². The molecule has 15 heavy (non-hydrogen) atoms. The third-order valence-corrected chi connectivity index (χ3v) is 2.31. The first-order valence-electron chi connectivity index (χ1n) is 5.30. The molecule has 5 heteroatoms. The monoisotopic (exact) mass is 214 g/mol. The second kappa shape index (κ2) is 6.40. The van der Waals surface area contributed by atoms with E-state index in [9.17, 15) is 9.59 Å². The molecular formula is C10H18N2O3. The molecule has 1 heterocycles. The molecule has 0 unspecified atom stereocenters. The van der Waals surface area contributed by atoms with E-state index in [1.807, 2.05) is 4.90 Å². The van der Waals surface area contributed by atoms with Crippen LogP contribution in [0.15, 0.2) is 0 Å². The molecule has 86 valence electrons. The summed E-state index contributed by atoms with van der Waals surface area (Å²) in [5.41, 5.74) is 0. The van der Waals surface area contributed by atoms with Crippen molar-refractivity contribution in [1.29, 1.82) is 0 Å². The van der Waals surface area contributed by atoms with Crippen molar-refractivity contribution in [1.82, 2.24) is 10.2 Å². The maximum atomic E-state index is 11.6. The smallest absolute Gasteiger partial charge is 0.222 e. The summed E-state index contributed by atoms with van der Waals surface area (Å²) in [5.74, 6) is 0.109. The predicted molar refractivity (Wildman–Crippen MR) is 55.3 cm³/mol. The number of nitrogens with zero attached hydrogens (tertiary/aromatic N) is 1. The zero-order chi connectivity index (χ0) is 11.1. The van der Waals surface area contributed by atoms with Crippen molar-refractivity contribution in [3.63, 3.8) is 0 Å². The van der Waals surface area contributed by atoms with Crippen LogP contribution in [0.3, 0.4) is 0 Å². The van der Waals surface area contributed by atoms with Gasteiger partial charge in [-0.25, -0.2) is 0 Å². The zero-order valence-corrected chi connectivity index (χ0v) is 9.12. The van der Waals surface area contributed by atoms with Crippen molar-refractivity contribution >= 4 is 11.8 Å². The molecule has 1 saturated heterocycles. The standard InChI is InChI=1S/C10H18N2O3/c1-9(13)11-4-2-3-10(14)12-5-7-15-8-6-12/h2-8H2,1H3,(H,11,13). The van der Waals surface area contributed by atoms with Gasteiger partial charge in [0.25, 0.3) is 0 Å². The van der Waals surface area contributed by atoms with Crippen LogP contribution < -0.4 is 5.32 Å². The lowest BCUT2D eigenvalue weighted by Crippen LogP contribution is -2.40. The average Bonchev–Trinajstić information content (AvgIpc) is 2.25. The quantitative estimate of drug-likeness (QED) is 0.657. The Morgan fingerprint density at radius 3 is 2.60 bits per heavy atom. The summed E-state index contributed by atoms with van der Waals surface area (Å²) in [4.78, 5) is 24.0. The fourth-order valence-corrected chi connectivity index (χ4v) is 1.47. The van der Waals surface area contributed by atoms with Gasteiger partial charge in [-0.3, -0.25) is 9.59 Å². The van der Waals surface area contributed by atoms with E-state index < -0.39 is 0 Å². The van der Waals surface area contributed by atoms with Gasteiger partial charge in [0.1, 0.15) is 0 Å². The number of hydrogen-bond acceptors (Lipinski definition) is 3. The van der Waals surface area contributed by atoms with E-state index in [2.05, 4.69) is 5.32 Å². The Morgan fingerprint density at radius 1 is 1.33 bits per heavy atom. The number of ether oxygens (including phenoxy) is 1. The average molecular weight is 214 g/mol. The predicted octanol–water partition coefficient (Wildman–Crippen LogP) is -0.238. The summed E-state index contributed by atoms with van der Waals surface area (Å²) >= 11 is 0. The normalized spacial score (nSPS) is 16.2. The number of hydrogen-bond donors (Lipinski definition) is 1. The first-order valence-corrected chi connectivity index (χ1v) is 5.30. The number of amides is 2. The van der Waals surface area contributed by atoms with Gasteiger partial charge in [0, 0.05) is 33.0 Å². The molecule has 1 N–H and O–H groups in total. The zero-order valence-electron chi connectivity index (χ0n) is 9.12. The summed E-state index contributed by atoms with van der Waals surface area (Å²) in [7, 11) is 0. The molecule has 0 saturated carbocycles. The van der Waals surface area contributed by atoms with Crippen LogP contribution in [0.1, 0.15) is 19.8 Å². The molecule has 0 aromatic heterocycles. The van der Waals surface area contributed by atoms with E-state index in [0.717, 1.165) is 0 Å². The van der Waals surface area contributed by atoms with Crippen LogP contribution >= 0.6 is 0 Å². The molecular weight excluding hydrogens is 196 g/mol. The summed E-state index contributed by atoms with van der Waals surface area (Å²) in [6.07, 6.45) is 1.20. The highest BCUT2D eigenvalue weighted by atomic mass is 16.5. The highest BCUT2D eigenvalue weighted by Crippen LogP contribution is 2.01. The topological polar surface area (TPSA) is 58.6 Å². The van der Waals surface area contributed by atoms with Crippen molar-refractivity contribution in [3.8, 4) is 0 Å². The highest BCUT2D eigenvalue weighted by molar-refractivity contribution is 5.76. The van der Waals surface area contributed by atoms with Crippen molar-refractivity contribution in [2.45, 2.75) is 19.8 Å². The fourth-order valence-electron chi connectivity index (χ4n) is 1.47. The first-order chi connectivity index (χ1) is 7.20. The lowest BCUT2D eigenvalue weighted by molar-refractivity contribution is -0.135. The lowest BCUT2D eigenvalue weighted by Gasteiger charge is -2.26. The van der Waals surface area contributed by atoms with Crippen LogP contribution in [0, 0.1) is 0 Å². The maximum absolute atomic E-state index is 11.6. The molecule has 0 aromatic carbocycles.